The Balaban J connectivity index is 1.93. The number of carbonyl (C=O) groups excluding carboxylic acids is 1. The third-order valence-electron chi connectivity index (χ3n) is 3.16. The lowest BCUT2D eigenvalue weighted by Crippen LogP contribution is -2.06. The number of amides is 1. The molecule has 0 aliphatic heterocycles. The molecule has 6 heteroatoms. The zero-order chi connectivity index (χ0) is 16.2. The lowest BCUT2D eigenvalue weighted by atomic mass is 10.1. The van der Waals surface area contributed by atoms with Gasteiger partial charge in [-0.05, 0) is 29.8 Å². The highest BCUT2D eigenvalue weighted by Gasteiger charge is 2.08. The van der Waals surface area contributed by atoms with E-state index in [1.807, 2.05) is 24.3 Å². The molecular weight excluding hydrogens is 312 g/mol. The van der Waals surface area contributed by atoms with E-state index in [4.69, 9.17) is 4.42 Å². The van der Waals surface area contributed by atoms with Crippen LogP contribution in [0.3, 0.4) is 0 Å². The van der Waals surface area contributed by atoms with Crippen LogP contribution in [0.5, 0.6) is 0 Å². The monoisotopic (exact) mass is 326 g/mol. The summed E-state index contributed by atoms with van der Waals surface area (Å²) in [6, 6.07) is 12.5. The molecule has 0 saturated carbocycles. The molecule has 0 radical (unpaired) electrons. The summed E-state index contributed by atoms with van der Waals surface area (Å²) >= 11 is 1.55. The third-order valence-corrected chi connectivity index (χ3v) is 4.16. The number of hydrogen-bond acceptors (Lipinski definition) is 5. The smallest absolute Gasteiger partial charge is 0.336 e. The second-order valence-corrected chi connectivity index (χ2v) is 5.94. The second-order valence-electron chi connectivity index (χ2n) is 4.94. The van der Waals surface area contributed by atoms with Crippen LogP contribution in [0, 0.1) is 0 Å². The topological polar surface area (TPSA) is 72.2 Å². The van der Waals surface area contributed by atoms with E-state index in [2.05, 4.69) is 10.3 Å². The first-order valence-corrected chi connectivity index (χ1v) is 7.98. The van der Waals surface area contributed by atoms with Gasteiger partial charge in [0.25, 0.3) is 0 Å². The molecule has 0 aliphatic rings. The molecular formula is C17H14N2O3S. The van der Waals surface area contributed by atoms with Crippen LogP contribution >= 0.6 is 11.8 Å². The van der Waals surface area contributed by atoms with E-state index >= 15 is 0 Å². The highest BCUT2D eigenvalue weighted by Crippen LogP contribution is 2.26. The molecule has 5 nitrogen and oxygen atoms in total. The Bertz CT molecular complexity index is 907. The Labute approximate surface area is 136 Å². The molecule has 0 spiro atoms. The largest absolute Gasteiger partial charge is 0.423 e. The minimum Gasteiger partial charge on any atom is -0.423 e. The number of anilines is 1. The Morgan fingerprint density at radius 1 is 1.26 bits per heavy atom. The van der Waals surface area contributed by atoms with Gasteiger partial charge in [0.2, 0.25) is 5.91 Å². The summed E-state index contributed by atoms with van der Waals surface area (Å²) in [5, 5.41) is 4.42. The Hall–Kier alpha value is -2.60. The van der Waals surface area contributed by atoms with Gasteiger partial charge in [-0.1, -0.05) is 6.07 Å². The van der Waals surface area contributed by atoms with Gasteiger partial charge >= 0.3 is 5.63 Å². The number of pyridine rings is 1. The predicted octanol–water partition coefficient (Wildman–Crippen LogP) is 3.44. The van der Waals surface area contributed by atoms with Crippen molar-refractivity contribution in [2.45, 2.75) is 17.7 Å². The summed E-state index contributed by atoms with van der Waals surface area (Å²) in [6.07, 6.45) is 1.74. The number of nitrogens with one attached hydrogen (secondary N) is 1. The van der Waals surface area contributed by atoms with Gasteiger partial charge in [0.05, 0.1) is 5.03 Å². The van der Waals surface area contributed by atoms with E-state index in [9.17, 15) is 9.59 Å². The molecule has 23 heavy (non-hydrogen) atoms. The van der Waals surface area contributed by atoms with Gasteiger partial charge in [0.1, 0.15) is 5.58 Å². The zero-order valence-corrected chi connectivity index (χ0v) is 13.2. The van der Waals surface area contributed by atoms with Crippen molar-refractivity contribution in [2.24, 2.45) is 0 Å². The summed E-state index contributed by atoms with van der Waals surface area (Å²) in [5.41, 5.74) is 1.53. The minimum atomic E-state index is -0.408. The molecule has 2 aromatic heterocycles. The van der Waals surface area contributed by atoms with Crippen molar-refractivity contribution in [1.29, 1.82) is 0 Å². The van der Waals surface area contributed by atoms with Gasteiger partial charge in [-0.15, -0.1) is 11.8 Å². The Morgan fingerprint density at radius 2 is 2.13 bits per heavy atom. The SMILES string of the molecule is CC(=O)Nc1ccc2c(CSc3ccccn3)cc(=O)oc2c1. The molecule has 1 N–H and O–H groups in total. The fourth-order valence-corrected chi connectivity index (χ4v) is 3.07. The van der Waals surface area contributed by atoms with Gasteiger partial charge in [-0.3, -0.25) is 4.79 Å². The third kappa shape index (κ3) is 3.78. The van der Waals surface area contributed by atoms with Crippen LogP contribution in [0.25, 0.3) is 11.0 Å². The van der Waals surface area contributed by atoms with Gasteiger partial charge in [0, 0.05) is 42.1 Å². The van der Waals surface area contributed by atoms with Crippen molar-refractivity contribution in [1.82, 2.24) is 4.98 Å². The molecule has 0 saturated heterocycles. The molecule has 0 fully saturated rings. The maximum Gasteiger partial charge on any atom is 0.336 e. The lowest BCUT2D eigenvalue weighted by Gasteiger charge is -2.07. The maximum atomic E-state index is 11.8. The fourth-order valence-electron chi connectivity index (χ4n) is 2.21. The summed E-state index contributed by atoms with van der Waals surface area (Å²) in [6.45, 7) is 1.43. The van der Waals surface area contributed by atoms with Gasteiger partial charge < -0.3 is 9.73 Å². The van der Waals surface area contributed by atoms with Crippen LogP contribution in [0.15, 0.2) is 62.9 Å². The number of aromatic nitrogens is 1. The first kappa shape index (κ1) is 15.3. The van der Waals surface area contributed by atoms with Crippen LogP contribution in [0.2, 0.25) is 0 Å². The highest BCUT2D eigenvalue weighted by molar-refractivity contribution is 7.98. The summed E-state index contributed by atoms with van der Waals surface area (Å²) in [4.78, 5) is 27.2. The van der Waals surface area contributed by atoms with Gasteiger partial charge in [0.15, 0.2) is 0 Å². The molecule has 3 aromatic rings. The molecule has 3 rings (SSSR count). The van der Waals surface area contributed by atoms with E-state index in [0.717, 1.165) is 16.0 Å². The number of nitrogens with zero attached hydrogens (tertiary/aromatic N) is 1. The van der Waals surface area contributed by atoms with Crippen molar-refractivity contribution in [3.63, 3.8) is 0 Å². The second kappa shape index (κ2) is 6.66. The standard InChI is InChI=1S/C17H14N2O3S/c1-11(20)19-13-5-6-14-12(8-17(21)22-15(14)9-13)10-23-16-4-2-3-7-18-16/h2-9H,10H2,1H3,(H,19,20). The summed E-state index contributed by atoms with van der Waals surface area (Å²) in [5.74, 6) is 0.437. The van der Waals surface area contributed by atoms with E-state index in [0.29, 0.717) is 17.0 Å². The number of fused-ring (bicyclic) bond motifs is 1. The predicted molar refractivity (Wildman–Crippen MR) is 90.6 cm³/mol. The lowest BCUT2D eigenvalue weighted by molar-refractivity contribution is -0.114. The van der Waals surface area contributed by atoms with Crippen molar-refractivity contribution >= 4 is 34.3 Å². The number of carbonyl (C=O) groups is 1. The molecule has 116 valence electrons. The summed E-state index contributed by atoms with van der Waals surface area (Å²) in [7, 11) is 0. The van der Waals surface area contributed by atoms with Gasteiger partial charge in [-0.2, -0.15) is 0 Å². The van der Waals surface area contributed by atoms with Crippen molar-refractivity contribution in [3.8, 4) is 0 Å². The van der Waals surface area contributed by atoms with Crippen LogP contribution in [0.1, 0.15) is 12.5 Å². The normalized spacial score (nSPS) is 10.7. The first-order valence-electron chi connectivity index (χ1n) is 7.00. The molecule has 1 amide bonds. The average Bonchev–Trinajstić information content (AvgIpc) is 2.52. The first-order chi connectivity index (χ1) is 11.1. The number of thioether (sulfide) groups is 1. The molecule has 0 unspecified atom stereocenters. The van der Waals surface area contributed by atoms with E-state index < -0.39 is 5.63 Å². The zero-order valence-electron chi connectivity index (χ0n) is 12.4. The molecule has 1 aromatic carbocycles. The number of benzene rings is 1. The highest BCUT2D eigenvalue weighted by atomic mass is 32.2. The Kier molecular flexibility index (Phi) is 4.43. The quantitative estimate of drug-likeness (QED) is 0.587. The van der Waals surface area contributed by atoms with Crippen molar-refractivity contribution in [2.75, 3.05) is 5.32 Å². The average molecular weight is 326 g/mol. The molecule has 0 atom stereocenters. The number of hydrogen-bond donors (Lipinski definition) is 1. The van der Waals surface area contributed by atoms with Crippen molar-refractivity contribution < 1.29 is 9.21 Å². The van der Waals surface area contributed by atoms with Crippen LogP contribution < -0.4 is 10.9 Å². The van der Waals surface area contributed by atoms with Crippen LogP contribution in [-0.2, 0) is 10.5 Å². The van der Waals surface area contributed by atoms with Crippen molar-refractivity contribution in [3.05, 3.63) is 64.6 Å². The number of rotatable bonds is 4. The van der Waals surface area contributed by atoms with Crippen LogP contribution in [-0.4, -0.2) is 10.9 Å². The molecule has 0 aliphatic carbocycles. The van der Waals surface area contributed by atoms with Gasteiger partial charge in [-0.25, -0.2) is 9.78 Å². The molecule has 2 heterocycles. The maximum absolute atomic E-state index is 11.8. The van der Waals surface area contributed by atoms with Crippen LogP contribution in [0.4, 0.5) is 5.69 Å². The van der Waals surface area contributed by atoms with E-state index in [1.165, 1.54) is 13.0 Å². The summed E-state index contributed by atoms with van der Waals surface area (Å²) < 4.78 is 5.24. The van der Waals surface area contributed by atoms with E-state index in [-0.39, 0.29) is 5.91 Å². The van der Waals surface area contributed by atoms with E-state index in [1.54, 1.807) is 30.1 Å². The minimum absolute atomic E-state index is 0.173. The fraction of sp³-hybridized carbons (Fsp3) is 0.118. The molecule has 0 bridgehead atoms. The Morgan fingerprint density at radius 3 is 2.87 bits per heavy atom.